The molecule has 1 fully saturated rings. The van der Waals surface area contributed by atoms with Gasteiger partial charge >= 0.3 is 0 Å². The Kier molecular flexibility index (Phi) is 12.1. The number of nitrogens with zero attached hydrogens (tertiary/aromatic N) is 5. The summed E-state index contributed by atoms with van der Waals surface area (Å²) in [4.78, 5) is 27.6. The van der Waals surface area contributed by atoms with E-state index in [2.05, 4.69) is 45.2 Å². The van der Waals surface area contributed by atoms with Crippen LogP contribution < -0.4 is 20.7 Å². The molecule has 12 nitrogen and oxygen atoms in total. The molecule has 1 amide bonds. The van der Waals surface area contributed by atoms with Gasteiger partial charge in [0.15, 0.2) is 0 Å². The van der Waals surface area contributed by atoms with Gasteiger partial charge in [-0.1, -0.05) is 66.7 Å². The summed E-state index contributed by atoms with van der Waals surface area (Å²) < 4.78 is 8.19. The van der Waals surface area contributed by atoms with Crippen molar-refractivity contribution in [1.82, 2.24) is 30.7 Å². The van der Waals surface area contributed by atoms with Crippen molar-refractivity contribution >= 4 is 22.6 Å². The van der Waals surface area contributed by atoms with Crippen molar-refractivity contribution in [2.45, 2.75) is 58.1 Å². The first-order chi connectivity index (χ1) is 27.8. The monoisotopic (exact) mass is 758 g/mol. The Morgan fingerprint density at radius 1 is 0.947 bits per heavy atom. The molecule has 57 heavy (non-hydrogen) atoms. The van der Waals surface area contributed by atoms with Crippen molar-refractivity contribution in [2.24, 2.45) is 0 Å². The molecule has 6 aromatic rings. The normalized spacial score (nSPS) is 14.2. The number of fused-ring (bicyclic) bond motifs is 1. The summed E-state index contributed by atoms with van der Waals surface area (Å²) in [6.45, 7) is 3.41. The van der Waals surface area contributed by atoms with Gasteiger partial charge in [-0.25, -0.2) is 0 Å². The van der Waals surface area contributed by atoms with Gasteiger partial charge in [0, 0.05) is 72.1 Å². The Labute approximate surface area is 330 Å². The fourth-order valence-corrected chi connectivity index (χ4v) is 7.13. The molecule has 4 N–H and O–H groups in total. The number of pyridine rings is 1. The maximum Gasteiger partial charge on any atom is 0.220 e. The van der Waals surface area contributed by atoms with Gasteiger partial charge in [-0.3, -0.25) is 19.3 Å². The van der Waals surface area contributed by atoms with E-state index in [9.17, 15) is 25.2 Å². The summed E-state index contributed by atoms with van der Waals surface area (Å²) in [5.74, 6) is 0.528. The van der Waals surface area contributed by atoms with Crippen molar-refractivity contribution in [3.05, 3.63) is 137 Å². The van der Waals surface area contributed by atoms with Gasteiger partial charge in [-0.05, 0) is 53.8 Å². The Bertz CT molecular complexity index is 2500. The van der Waals surface area contributed by atoms with E-state index in [0.29, 0.717) is 36.4 Å². The van der Waals surface area contributed by atoms with Crippen molar-refractivity contribution in [2.75, 3.05) is 13.2 Å². The highest BCUT2D eigenvalue weighted by Crippen LogP contribution is 2.36. The van der Waals surface area contributed by atoms with E-state index in [-0.39, 0.29) is 37.5 Å². The molecule has 1 aliphatic heterocycles. The van der Waals surface area contributed by atoms with Crippen LogP contribution in [0.5, 0.6) is 5.75 Å². The fraction of sp³-hybridized carbons (Fsp3) is 0.244. The van der Waals surface area contributed by atoms with Crippen molar-refractivity contribution in [3.8, 4) is 40.1 Å². The first-order valence-electron chi connectivity index (χ1n) is 18.8. The molecule has 1 saturated heterocycles. The number of ketones is 1. The smallest absolute Gasteiger partial charge is 0.220 e. The first-order valence-corrected chi connectivity index (χ1v) is 18.8. The van der Waals surface area contributed by atoms with Crippen LogP contribution >= 0.6 is 0 Å². The molecule has 286 valence electrons. The van der Waals surface area contributed by atoms with E-state index >= 15 is 0 Å². The van der Waals surface area contributed by atoms with Gasteiger partial charge in [0.2, 0.25) is 5.91 Å². The number of aliphatic hydroxyl groups excluding tert-OH is 1. The molecule has 2 aromatic heterocycles. The molecule has 4 aromatic carbocycles. The standard InChI is InChI=1S/C45H42N8O4/c1-29(55)42(27-54)50-23-35-13-10-31(17-44(35)57-28-33-16-32(18-46)21-48-22-33)26-53-43-7-3-6-39(41(43)25-51-53)38-5-2-4-37(40(38)19-47)34-11-8-30(9-12-34)20-49-24-36-14-15-45(56)52-36/h2-13,16-17,21-22,25,36,42,49-50,54H,14-15,20,23-24,26-28H2,1H3,(H,52,56). The van der Waals surface area contributed by atoms with Crippen molar-refractivity contribution in [1.29, 1.82) is 10.5 Å². The van der Waals surface area contributed by atoms with E-state index < -0.39 is 6.04 Å². The molecule has 1 aliphatic rings. The van der Waals surface area contributed by atoms with Crippen LogP contribution in [0.4, 0.5) is 0 Å². The number of benzene rings is 4. The Balaban J connectivity index is 1.12. The Morgan fingerprint density at radius 3 is 2.49 bits per heavy atom. The zero-order valence-electron chi connectivity index (χ0n) is 31.5. The summed E-state index contributed by atoms with van der Waals surface area (Å²) in [5, 5.41) is 44.7. The number of rotatable bonds is 16. The fourth-order valence-electron chi connectivity index (χ4n) is 7.13. The molecule has 2 atom stereocenters. The van der Waals surface area contributed by atoms with E-state index in [4.69, 9.17) is 9.84 Å². The number of carbonyl (C=O) groups excluding carboxylic acids is 2. The predicted molar refractivity (Wildman–Crippen MR) is 215 cm³/mol. The first kappa shape index (κ1) is 38.6. The minimum atomic E-state index is -0.700. The van der Waals surface area contributed by atoms with Crippen LogP contribution in [0.1, 0.15) is 53.1 Å². The topological polar surface area (TPSA) is 178 Å². The lowest BCUT2D eigenvalue weighted by Crippen LogP contribution is -2.38. The lowest BCUT2D eigenvalue weighted by Gasteiger charge is -2.17. The minimum absolute atomic E-state index is 0.112. The summed E-state index contributed by atoms with van der Waals surface area (Å²) in [7, 11) is 0. The molecule has 0 bridgehead atoms. The highest BCUT2D eigenvalue weighted by molar-refractivity contribution is 5.97. The van der Waals surface area contributed by atoms with Crippen LogP contribution in [-0.4, -0.2) is 56.8 Å². The zero-order valence-corrected chi connectivity index (χ0v) is 31.5. The molecule has 0 radical (unpaired) electrons. The number of aromatic nitrogens is 3. The third-order valence-corrected chi connectivity index (χ3v) is 10.2. The number of Topliss-reactive ketones (excluding diaryl/α,β-unsaturated/α-hetero) is 1. The van der Waals surface area contributed by atoms with Crippen LogP contribution in [0.25, 0.3) is 33.2 Å². The zero-order chi connectivity index (χ0) is 39.7. The van der Waals surface area contributed by atoms with E-state index in [1.54, 1.807) is 12.3 Å². The molecule has 2 unspecified atom stereocenters. The minimum Gasteiger partial charge on any atom is -0.489 e. The van der Waals surface area contributed by atoms with Crippen molar-refractivity contribution < 1.29 is 19.4 Å². The second-order valence-electron chi connectivity index (χ2n) is 14.2. The molecule has 0 spiro atoms. The molecule has 3 heterocycles. The number of ether oxygens (including phenoxy) is 1. The highest BCUT2D eigenvalue weighted by atomic mass is 16.5. The predicted octanol–water partition coefficient (Wildman–Crippen LogP) is 5.54. The van der Waals surface area contributed by atoms with Gasteiger partial charge in [0.25, 0.3) is 0 Å². The van der Waals surface area contributed by atoms with Gasteiger partial charge in [-0.2, -0.15) is 15.6 Å². The SMILES string of the molecule is CC(=O)C(CO)NCc1ccc(Cn2ncc3c(-c4cccc(-c5ccc(CNCC6CCC(=O)N6)cc5)c4C#N)cccc32)cc1OCc1cncc(C#N)c1. The summed E-state index contributed by atoms with van der Waals surface area (Å²) in [6, 6.07) is 31.8. The van der Waals surface area contributed by atoms with E-state index in [1.807, 2.05) is 77.6 Å². The Hall–Kier alpha value is -6.70. The third kappa shape index (κ3) is 9.07. The van der Waals surface area contributed by atoms with E-state index in [1.165, 1.54) is 13.1 Å². The number of hydrogen-bond acceptors (Lipinski definition) is 10. The van der Waals surface area contributed by atoms with Crippen LogP contribution in [-0.2, 0) is 35.8 Å². The Morgan fingerprint density at radius 2 is 1.74 bits per heavy atom. The summed E-state index contributed by atoms with van der Waals surface area (Å²) in [5.41, 5.74) is 8.99. The number of nitriles is 2. The van der Waals surface area contributed by atoms with Gasteiger partial charge in [0.05, 0.1) is 42.0 Å². The number of aliphatic hydroxyl groups is 1. The largest absolute Gasteiger partial charge is 0.489 e. The lowest BCUT2D eigenvalue weighted by molar-refractivity contribution is -0.120. The number of nitrogens with one attached hydrogen (secondary N) is 3. The third-order valence-electron chi connectivity index (χ3n) is 10.2. The average Bonchev–Trinajstić information content (AvgIpc) is 3.85. The highest BCUT2D eigenvalue weighted by Gasteiger charge is 2.20. The molecule has 0 aliphatic carbocycles. The summed E-state index contributed by atoms with van der Waals surface area (Å²) in [6.07, 6.45) is 6.42. The second-order valence-corrected chi connectivity index (χ2v) is 14.2. The molecule has 12 heteroatoms. The average molecular weight is 759 g/mol. The van der Waals surface area contributed by atoms with Crippen LogP contribution in [0.15, 0.2) is 104 Å². The molecular formula is C45H42N8O4. The van der Waals surface area contributed by atoms with E-state index in [0.717, 1.165) is 68.4 Å². The maximum atomic E-state index is 12.0. The molecular weight excluding hydrogens is 717 g/mol. The number of amides is 1. The second kappa shape index (κ2) is 17.8. The van der Waals surface area contributed by atoms with Crippen LogP contribution in [0, 0.1) is 22.7 Å². The van der Waals surface area contributed by atoms with Gasteiger partial charge in [0.1, 0.15) is 30.3 Å². The van der Waals surface area contributed by atoms with Crippen LogP contribution in [0.3, 0.4) is 0 Å². The van der Waals surface area contributed by atoms with Crippen molar-refractivity contribution in [3.63, 3.8) is 0 Å². The quantitative estimate of drug-likeness (QED) is 0.0980. The summed E-state index contributed by atoms with van der Waals surface area (Å²) >= 11 is 0. The number of hydrogen-bond donors (Lipinski definition) is 4. The maximum absolute atomic E-state index is 12.0. The number of carbonyl (C=O) groups is 2. The van der Waals surface area contributed by atoms with Gasteiger partial charge in [-0.15, -0.1) is 0 Å². The van der Waals surface area contributed by atoms with Crippen LogP contribution in [0.2, 0.25) is 0 Å². The lowest BCUT2D eigenvalue weighted by atomic mass is 9.91. The molecule has 7 rings (SSSR count). The van der Waals surface area contributed by atoms with Gasteiger partial charge < -0.3 is 25.8 Å². The molecule has 0 saturated carbocycles.